The molecule has 7 heteroatoms. The van der Waals surface area contributed by atoms with Crippen LogP contribution in [0.4, 0.5) is 0 Å². The summed E-state index contributed by atoms with van der Waals surface area (Å²) in [4.78, 5) is 25.0. The summed E-state index contributed by atoms with van der Waals surface area (Å²) in [7, 11) is 0. The predicted octanol–water partition coefficient (Wildman–Crippen LogP) is 4.27. The van der Waals surface area contributed by atoms with Crippen molar-refractivity contribution in [2.24, 2.45) is 0 Å². The third kappa shape index (κ3) is 4.73. The lowest BCUT2D eigenvalue weighted by Gasteiger charge is -2.22. The largest absolute Gasteiger partial charge is 0.346 e. The maximum Gasteiger partial charge on any atom is 0.266 e. The molecule has 0 bridgehead atoms. The van der Waals surface area contributed by atoms with E-state index in [0.717, 1.165) is 28.7 Å². The number of aromatic nitrogens is 4. The Bertz CT molecular complexity index is 1240. The first-order valence-electron chi connectivity index (χ1n) is 10.3. The lowest BCUT2D eigenvalue weighted by Crippen LogP contribution is -2.30. The monoisotopic (exact) mass is 404 g/mol. The minimum atomic E-state index is -0.203. The van der Waals surface area contributed by atoms with Crippen LogP contribution in [0.2, 0.25) is 0 Å². The first-order valence-corrected chi connectivity index (χ1v) is 10.3. The lowest BCUT2D eigenvalue weighted by atomic mass is 9.95. The molecule has 0 amide bonds. The molecule has 1 aliphatic carbocycles. The van der Waals surface area contributed by atoms with Crippen LogP contribution >= 0.6 is 0 Å². The Kier molecular flexibility index (Phi) is 6.16. The van der Waals surface area contributed by atoms with Gasteiger partial charge in [0.1, 0.15) is 11.2 Å². The van der Waals surface area contributed by atoms with E-state index in [-0.39, 0.29) is 8.41 Å². The molecule has 3 heterocycles. The number of rotatable bonds is 3. The number of aromatic amines is 2. The summed E-state index contributed by atoms with van der Waals surface area (Å²) < 4.78 is 0. The Morgan fingerprint density at radius 3 is 2.87 bits per heavy atom. The first kappa shape index (κ1) is 19.8. The van der Waals surface area contributed by atoms with Crippen LogP contribution in [-0.4, -0.2) is 26.0 Å². The molecule has 0 aliphatic heterocycles. The van der Waals surface area contributed by atoms with E-state index in [0.29, 0.717) is 11.6 Å². The number of benzene rings is 1. The minimum absolute atomic E-state index is 0. The molecule has 0 atom stereocenters. The first-order chi connectivity index (χ1) is 14.7. The fourth-order valence-corrected chi connectivity index (χ4v) is 3.83. The van der Waals surface area contributed by atoms with E-state index in [4.69, 9.17) is 5.26 Å². The number of pyridine rings is 1. The minimum Gasteiger partial charge on any atom is -0.346 e. The Labute approximate surface area is 177 Å². The number of H-pyrrole nitrogens is 2. The number of hydrogen-bond acceptors (Lipinski definition) is 5. The van der Waals surface area contributed by atoms with Gasteiger partial charge in [-0.3, -0.25) is 4.79 Å². The highest BCUT2D eigenvalue weighted by atomic mass is 16.1. The Hall–Kier alpha value is -3.50. The molecular weight excluding hydrogens is 376 g/mol. The highest BCUT2D eigenvalue weighted by Gasteiger charge is 2.12. The van der Waals surface area contributed by atoms with Crippen molar-refractivity contribution in [1.29, 1.82) is 5.26 Å². The van der Waals surface area contributed by atoms with Gasteiger partial charge in [0.2, 0.25) is 0 Å². The molecule has 4 aromatic rings. The average Bonchev–Trinajstić information content (AvgIpc) is 3.28. The Balaban J connectivity index is 0.000000215. The van der Waals surface area contributed by atoms with Gasteiger partial charge in [0, 0.05) is 27.0 Å². The topological polar surface area (TPSA) is 110 Å². The van der Waals surface area contributed by atoms with Crippen molar-refractivity contribution in [3.05, 3.63) is 70.4 Å². The summed E-state index contributed by atoms with van der Waals surface area (Å²) in [6.45, 7) is 0.889. The summed E-state index contributed by atoms with van der Waals surface area (Å²) in [5.41, 5.74) is 3.93. The lowest BCUT2D eigenvalue weighted by molar-refractivity contribution is 0.372. The van der Waals surface area contributed by atoms with Crippen molar-refractivity contribution < 1.29 is 2.85 Å². The molecule has 3 N–H and O–H groups in total. The van der Waals surface area contributed by atoms with Crippen molar-refractivity contribution in [1.82, 2.24) is 25.3 Å². The van der Waals surface area contributed by atoms with E-state index in [1.165, 1.54) is 43.9 Å². The summed E-state index contributed by atoms with van der Waals surface area (Å²) >= 11 is 0. The van der Waals surface area contributed by atoms with Crippen LogP contribution in [0.1, 0.15) is 46.1 Å². The molecular formula is C23H28N6O. The number of nitrogens with one attached hydrogen (secondary N) is 3. The Morgan fingerprint density at radius 1 is 1.17 bits per heavy atom. The van der Waals surface area contributed by atoms with Crippen LogP contribution < -0.4 is 10.9 Å². The molecule has 1 saturated carbocycles. The smallest absolute Gasteiger partial charge is 0.266 e. The van der Waals surface area contributed by atoms with Gasteiger partial charge in [-0.1, -0.05) is 31.4 Å². The van der Waals surface area contributed by atoms with Gasteiger partial charge >= 0.3 is 0 Å². The maximum atomic E-state index is 11.1. The van der Waals surface area contributed by atoms with Crippen molar-refractivity contribution in [2.45, 2.75) is 44.7 Å². The van der Waals surface area contributed by atoms with Crippen molar-refractivity contribution in [2.75, 3.05) is 0 Å². The predicted molar refractivity (Wildman–Crippen MR) is 121 cm³/mol. The second-order valence-corrected chi connectivity index (χ2v) is 7.53. The van der Waals surface area contributed by atoms with Crippen LogP contribution in [-0.2, 0) is 6.54 Å². The molecule has 0 saturated heterocycles. The molecule has 7 nitrogen and oxygen atoms in total. The molecule has 1 fully saturated rings. The standard InChI is InChI=1S/C14H18N2.C9H6N4O.2H2/c15-10-12-5-4-6-13(9-12)11-16-14-7-2-1-3-8-14;14-7-4-11-6-3-12-9-5(1-2-10-9)8(6)13-7;;/h4-6,9,14,16H,1-3,7-8,11H2;1-4H,(H,10,12)(H,13,14);2*1H. The maximum absolute atomic E-state index is 11.1. The van der Waals surface area contributed by atoms with Gasteiger partial charge in [-0.2, -0.15) is 5.26 Å². The SMILES string of the molecule is N#Cc1cccc(CNC2CCCCC2)c1.O=c1cnc2cnc3[nH]ccc3c2[nH]1.[HH].[HH]. The van der Waals surface area contributed by atoms with Crippen molar-refractivity contribution >= 4 is 22.1 Å². The fourth-order valence-electron chi connectivity index (χ4n) is 3.83. The molecule has 156 valence electrons. The average molecular weight is 405 g/mol. The van der Waals surface area contributed by atoms with Gasteiger partial charge in [0.25, 0.3) is 5.56 Å². The van der Waals surface area contributed by atoms with E-state index >= 15 is 0 Å². The molecule has 0 spiro atoms. The zero-order valence-corrected chi connectivity index (χ0v) is 16.7. The molecule has 1 aliphatic rings. The van der Waals surface area contributed by atoms with Gasteiger partial charge in [-0.15, -0.1) is 0 Å². The number of hydrogen-bond donors (Lipinski definition) is 3. The number of fused-ring (bicyclic) bond motifs is 3. The second kappa shape index (κ2) is 9.33. The van der Waals surface area contributed by atoms with Crippen molar-refractivity contribution in [3.63, 3.8) is 0 Å². The molecule has 1 aromatic carbocycles. The van der Waals surface area contributed by atoms with E-state index < -0.39 is 0 Å². The van der Waals surface area contributed by atoms with Crippen LogP contribution in [0.25, 0.3) is 22.1 Å². The van der Waals surface area contributed by atoms with Gasteiger partial charge < -0.3 is 15.3 Å². The van der Waals surface area contributed by atoms with E-state index in [2.05, 4.69) is 37.4 Å². The quantitative estimate of drug-likeness (QED) is 0.472. The van der Waals surface area contributed by atoms with Gasteiger partial charge in [0.05, 0.1) is 29.5 Å². The molecule has 0 radical (unpaired) electrons. The van der Waals surface area contributed by atoms with E-state index in [1.807, 2.05) is 24.3 Å². The van der Waals surface area contributed by atoms with Gasteiger partial charge in [0.15, 0.2) is 0 Å². The van der Waals surface area contributed by atoms with E-state index in [9.17, 15) is 4.79 Å². The van der Waals surface area contributed by atoms with Crippen LogP contribution in [0, 0.1) is 11.3 Å². The highest BCUT2D eigenvalue weighted by molar-refractivity contribution is 5.99. The summed E-state index contributed by atoms with van der Waals surface area (Å²) in [6, 6.07) is 12.6. The third-order valence-electron chi connectivity index (χ3n) is 5.39. The zero-order chi connectivity index (χ0) is 20.8. The van der Waals surface area contributed by atoms with E-state index in [1.54, 1.807) is 12.4 Å². The summed E-state index contributed by atoms with van der Waals surface area (Å²) in [5, 5.41) is 13.3. The molecule has 5 rings (SSSR count). The number of nitriles is 1. The molecule has 0 unspecified atom stereocenters. The normalized spacial score (nSPS) is 14.2. The van der Waals surface area contributed by atoms with Crippen LogP contribution in [0.5, 0.6) is 0 Å². The summed E-state index contributed by atoms with van der Waals surface area (Å²) in [5.74, 6) is 0. The van der Waals surface area contributed by atoms with Crippen LogP contribution in [0.3, 0.4) is 0 Å². The van der Waals surface area contributed by atoms with Gasteiger partial charge in [-0.25, -0.2) is 9.97 Å². The Morgan fingerprint density at radius 2 is 2.03 bits per heavy atom. The fraction of sp³-hybridized carbons (Fsp3) is 0.304. The highest BCUT2D eigenvalue weighted by Crippen LogP contribution is 2.18. The third-order valence-corrected chi connectivity index (χ3v) is 5.39. The summed E-state index contributed by atoms with van der Waals surface area (Å²) in [6.07, 6.45) is 11.4. The van der Waals surface area contributed by atoms with Crippen molar-refractivity contribution in [3.8, 4) is 6.07 Å². The zero-order valence-electron chi connectivity index (χ0n) is 16.7. The van der Waals surface area contributed by atoms with Gasteiger partial charge in [-0.05, 0) is 36.6 Å². The molecule has 30 heavy (non-hydrogen) atoms. The van der Waals surface area contributed by atoms with Crippen LogP contribution in [0.15, 0.2) is 53.7 Å². The second-order valence-electron chi connectivity index (χ2n) is 7.53. The molecule has 3 aromatic heterocycles. The number of nitrogens with zero attached hydrogens (tertiary/aromatic N) is 3.